The highest BCUT2D eigenvalue weighted by atomic mass is 79.9. The van der Waals surface area contributed by atoms with E-state index in [2.05, 4.69) is 21.2 Å². The molecule has 0 heterocycles. The molecule has 0 aromatic heterocycles. The van der Waals surface area contributed by atoms with Gasteiger partial charge in [0.2, 0.25) is 0 Å². The van der Waals surface area contributed by atoms with Crippen molar-refractivity contribution in [2.75, 3.05) is 13.7 Å². The molecule has 16 heavy (non-hydrogen) atoms. The van der Waals surface area contributed by atoms with Crippen molar-refractivity contribution >= 4 is 21.8 Å². The Labute approximate surface area is 102 Å². The number of rotatable bonds is 4. The van der Waals surface area contributed by atoms with E-state index < -0.39 is 0 Å². The number of hydrogen-bond donors (Lipinski definition) is 1. The Hall–Kier alpha value is -0.940. The predicted octanol–water partition coefficient (Wildman–Crippen LogP) is 2.35. The van der Waals surface area contributed by atoms with Gasteiger partial charge in [-0.25, -0.2) is 4.39 Å². The maximum absolute atomic E-state index is 12.9. The molecular weight excluding hydrogens is 277 g/mol. The highest BCUT2D eigenvalue weighted by molar-refractivity contribution is 9.10. The monoisotopic (exact) mass is 289 g/mol. The van der Waals surface area contributed by atoms with Crippen LogP contribution in [0.25, 0.3) is 0 Å². The Kier molecular flexibility index (Phi) is 4.89. The number of halogens is 2. The molecule has 1 aromatic carbocycles. The molecular formula is C11H13BrFNO2. The summed E-state index contributed by atoms with van der Waals surface area (Å²) in [6.07, 6.45) is 0. The van der Waals surface area contributed by atoms with Crippen molar-refractivity contribution in [3.8, 4) is 0 Å². The Bertz CT molecular complexity index is 384. The molecule has 0 aliphatic rings. The molecule has 0 aliphatic heterocycles. The summed E-state index contributed by atoms with van der Waals surface area (Å²) >= 11 is 3.03. The van der Waals surface area contributed by atoms with E-state index in [1.807, 2.05) is 6.92 Å². The number of carbonyl (C=O) groups excluding carboxylic acids is 1. The highest BCUT2D eigenvalue weighted by Crippen LogP contribution is 2.16. The lowest BCUT2D eigenvalue weighted by Gasteiger charge is -2.12. The molecule has 1 amide bonds. The summed E-state index contributed by atoms with van der Waals surface area (Å²) in [6.45, 7) is 2.27. The topological polar surface area (TPSA) is 38.3 Å². The number of methoxy groups -OCH3 is 1. The maximum atomic E-state index is 12.9. The molecule has 1 N–H and O–H groups in total. The third-order valence-corrected chi connectivity index (χ3v) is 2.58. The van der Waals surface area contributed by atoms with Crippen LogP contribution in [-0.4, -0.2) is 25.7 Å². The van der Waals surface area contributed by atoms with Gasteiger partial charge in [-0.05, 0) is 41.1 Å². The molecule has 5 heteroatoms. The molecule has 1 aromatic rings. The average Bonchev–Trinajstić information content (AvgIpc) is 2.22. The van der Waals surface area contributed by atoms with Crippen molar-refractivity contribution in [1.29, 1.82) is 0 Å². The largest absolute Gasteiger partial charge is 0.383 e. The van der Waals surface area contributed by atoms with E-state index in [0.29, 0.717) is 12.2 Å². The molecule has 1 atom stereocenters. The molecule has 0 bridgehead atoms. The van der Waals surface area contributed by atoms with Gasteiger partial charge in [0.05, 0.1) is 11.1 Å². The van der Waals surface area contributed by atoms with Gasteiger partial charge in [-0.3, -0.25) is 4.79 Å². The standard InChI is InChI=1S/C11H13BrFNO2/c1-7(6-16-2)14-11(15)8-3-4-10(13)9(12)5-8/h3-5,7H,6H2,1-2H3,(H,14,15). The molecule has 1 rings (SSSR count). The van der Waals surface area contributed by atoms with Gasteiger partial charge in [0.15, 0.2) is 0 Å². The molecule has 0 saturated carbocycles. The SMILES string of the molecule is COCC(C)NC(=O)c1ccc(F)c(Br)c1. The predicted molar refractivity (Wildman–Crippen MR) is 62.9 cm³/mol. The zero-order chi connectivity index (χ0) is 12.1. The van der Waals surface area contributed by atoms with Crippen molar-refractivity contribution in [2.45, 2.75) is 13.0 Å². The van der Waals surface area contributed by atoms with Crippen LogP contribution in [0.4, 0.5) is 4.39 Å². The van der Waals surface area contributed by atoms with E-state index in [0.717, 1.165) is 0 Å². The highest BCUT2D eigenvalue weighted by Gasteiger charge is 2.11. The molecule has 3 nitrogen and oxygen atoms in total. The molecule has 0 spiro atoms. The first kappa shape index (κ1) is 13.1. The maximum Gasteiger partial charge on any atom is 0.251 e. The van der Waals surface area contributed by atoms with Crippen LogP contribution in [0, 0.1) is 5.82 Å². The minimum Gasteiger partial charge on any atom is -0.383 e. The van der Waals surface area contributed by atoms with Crippen LogP contribution in [-0.2, 0) is 4.74 Å². The van der Waals surface area contributed by atoms with E-state index in [-0.39, 0.29) is 22.2 Å². The summed E-state index contributed by atoms with van der Waals surface area (Å²) in [4.78, 5) is 11.7. The number of hydrogen-bond acceptors (Lipinski definition) is 2. The van der Waals surface area contributed by atoms with Crippen LogP contribution in [0.1, 0.15) is 17.3 Å². The van der Waals surface area contributed by atoms with Crippen molar-refractivity contribution in [3.63, 3.8) is 0 Å². The van der Waals surface area contributed by atoms with Crippen LogP contribution in [0.5, 0.6) is 0 Å². The minimum absolute atomic E-state index is 0.0821. The fourth-order valence-corrected chi connectivity index (χ4v) is 1.61. The second-order valence-corrected chi connectivity index (χ2v) is 4.31. The zero-order valence-corrected chi connectivity index (χ0v) is 10.7. The van der Waals surface area contributed by atoms with E-state index in [1.165, 1.54) is 18.2 Å². The normalized spacial score (nSPS) is 12.2. The van der Waals surface area contributed by atoms with Gasteiger partial charge in [-0.1, -0.05) is 0 Å². The van der Waals surface area contributed by atoms with E-state index >= 15 is 0 Å². The van der Waals surface area contributed by atoms with Crippen molar-refractivity contribution in [2.24, 2.45) is 0 Å². The van der Waals surface area contributed by atoms with Gasteiger partial charge >= 0.3 is 0 Å². The first-order valence-electron chi connectivity index (χ1n) is 4.79. The van der Waals surface area contributed by atoms with Crippen LogP contribution in [0.2, 0.25) is 0 Å². The molecule has 1 unspecified atom stereocenters. The summed E-state index contributed by atoms with van der Waals surface area (Å²) in [5.41, 5.74) is 0.413. The summed E-state index contributed by atoms with van der Waals surface area (Å²) in [7, 11) is 1.57. The summed E-state index contributed by atoms with van der Waals surface area (Å²) in [5, 5.41) is 2.74. The van der Waals surface area contributed by atoms with Gasteiger partial charge in [-0.15, -0.1) is 0 Å². The molecule has 0 fully saturated rings. The molecule has 0 saturated heterocycles. The number of ether oxygens (including phenoxy) is 1. The molecule has 88 valence electrons. The van der Waals surface area contributed by atoms with E-state index in [4.69, 9.17) is 4.74 Å². The van der Waals surface area contributed by atoms with Gasteiger partial charge in [0.1, 0.15) is 5.82 Å². The third-order valence-electron chi connectivity index (χ3n) is 1.98. The number of carbonyl (C=O) groups is 1. The van der Waals surface area contributed by atoms with Crippen LogP contribution in [0.3, 0.4) is 0 Å². The third kappa shape index (κ3) is 3.57. The fourth-order valence-electron chi connectivity index (χ4n) is 1.24. The Morgan fingerprint density at radius 3 is 2.88 bits per heavy atom. The van der Waals surface area contributed by atoms with Crippen molar-refractivity contribution in [1.82, 2.24) is 5.32 Å². The molecule has 0 aliphatic carbocycles. The number of amides is 1. The Balaban J connectivity index is 2.69. The zero-order valence-electron chi connectivity index (χ0n) is 9.09. The van der Waals surface area contributed by atoms with Gasteiger partial charge < -0.3 is 10.1 Å². The first-order chi connectivity index (χ1) is 7.54. The van der Waals surface area contributed by atoms with E-state index in [1.54, 1.807) is 7.11 Å². The summed E-state index contributed by atoms with van der Waals surface area (Å²) < 4.78 is 18.1. The van der Waals surface area contributed by atoms with Gasteiger partial charge in [-0.2, -0.15) is 0 Å². The van der Waals surface area contributed by atoms with Crippen LogP contribution >= 0.6 is 15.9 Å². The fraction of sp³-hybridized carbons (Fsp3) is 0.364. The Morgan fingerprint density at radius 1 is 1.62 bits per heavy atom. The van der Waals surface area contributed by atoms with Gasteiger partial charge in [0, 0.05) is 18.7 Å². The summed E-state index contributed by atoms with van der Waals surface area (Å²) in [5.74, 6) is -0.633. The second kappa shape index (κ2) is 5.96. The van der Waals surface area contributed by atoms with Crippen molar-refractivity contribution < 1.29 is 13.9 Å². The quantitative estimate of drug-likeness (QED) is 0.924. The lowest BCUT2D eigenvalue weighted by atomic mass is 10.2. The number of nitrogens with one attached hydrogen (secondary N) is 1. The smallest absolute Gasteiger partial charge is 0.251 e. The van der Waals surface area contributed by atoms with Crippen LogP contribution in [0.15, 0.2) is 22.7 Å². The summed E-state index contributed by atoms with van der Waals surface area (Å²) in [6, 6.07) is 4.06. The number of benzene rings is 1. The minimum atomic E-state index is -0.388. The lowest BCUT2D eigenvalue weighted by molar-refractivity contribution is 0.0905. The van der Waals surface area contributed by atoms with Gasteiger partial charge in [0.25, 0.3) is 5.91 Å². The van der Waals surface area contributed by atoms with E-state index in [9.17, 15) is 9.18 Å². The van der Waals surface area contributed by atoms with Crippen molar-refractivity contribution in [3.05, 3.63) is 34.1 Å². The Morgan fingerprint density at radius 2 is 2.31 bits per heavy atom. The average molecular weight is 290 g/mol. The molecule has 0 radical (unpaired) electrons. The van der Waals surface area contributed by atoms with Crippen LogP contribution < -0.4 is 5.32 Å². The second-order valence-electron chi connectivity index (χ2n) is 3.46. The lowest BCUT2D eigenvalue weighted by Crippen LogP contribution is -2.35. The first-order valence-corrected chi connectivity index (χ1v) is 5.58.